The number of fused-ring (bicyclic) bond motifs is 1. The fourth-order valence-corrected chi connectivity index (χ4v) is 4.28. The second-order valence-corrected chi connectivity index (χ2v) is 14.2. The van der Waals surface area contributed by atoms with E-state index in [0.717, 1.165) is 29.1 Å². The number of aromatic nitrogens is 2. The fraction of sp³-hybridized carbons (Fsp3) is 0.650. The molecule has 0 spiro atoms. The summed E-state index contributed by atoms with van der Waals surface area (Å²) in [7, 11) is 0.658. The lowest BCUT2D eigenvalue weighted by atomic mass is 9.95. The highest BCUT2D eigenvalue weighted by molar-refractivity contribution is 6.76. The van der Waals surface area contributed by atoms with Gasteiger partial charge in [-0.2, -0.15) is 0 Å². The third kappa shape index (κ3) is 4.80. The first-order chi connectivity index (χ1) is 12.5. The van der Waals surface area contributed by atoms with Gasteiger partial charge in [-0.1, -0.05) is 38.9 Å². The van der Waals surface area contributed by atoms with Gasteiger partial charge in [-0.15, -0.1) is 0 Å². The van der Waals surface area contributed by atoms with Gasteiger partial charge in [0, 0.05) is 32.3 Å². The Morgan fingerprint density at radius 2 is 2.00 bits per heavy atom. The molecule has 0 aromatic carbocycles. The van der Waals surface area contributed by atoms with E-state index >= 15 is 0 Å². The maximum atomic E-state index is 5.91. The maximum absolute atomic E-state index is 5.91. The van der Waals surface area contributed by atoms with Crippen LogP contribution in [-0.2, 0) is 11.5 Å². The van der Waals surface area contributed by atoms with E-state index in [1.807, 2.05) is 6.20 Å². The highest BCUT2D eigenvalue weighted by Crippen LogP contribution is 2.34. The average Bonchev–Trinajstić information content (AvgIpc) is 3.03. The SMILES string of the molecule is COc1cnc2c(ccn2COCC[Si](C)(C)C)c1NC1CCCCC1. The largest absolute Gasteiger partial charge is 0.493 e. The van der Waals surface area contributed by atoms with E-state index in [1.54, 1.807) is 7.11 Å². The van der Waals surface area contributed by atoms with E-state index < -0.39 is 8.07 Å². The first-order valence-electron chi connectivity index (χ1n) is 9.84. The highest BCUT2D eigenvalue weighted by Gasteiger charge is 2.19. The molecule has 1 aliphatic carbocycles. The molecule has 0 aliphatic heterocycles. The maximum Gasteiger partial charge on any atom is 0.161 e. The van der Waals surface area contributed by atoms with Crippen LogP contribution in [0.4, 0.5) is 5.69 Å². The fourth-order valence-electron chi connectivity index (χ4n) is 3.52. The van der Waals surface area contributed by atoms with Gasteiger partial charge in [-0.05, 0) is 25.0 Å². The summed E-state index contributed by atoms with van der Waals surface area (Å²) in [4.78, 5) is 4.62. The predicted octanol–water partition coefficient (Wildman–Crippen LogP) is 5.10. The Morgan fingerprint density at radius 3 is 2.69 bits per heavy atom. The van der Waals surface area contributed by atoms with E-state index in [4.69, 9.17) is 9.47 Å². The van der Waals surface area contributed by atoms with E-state index in [-0.39, 0.29) is 0 Å². The molecule has 0 radical (unpaired) electrons. The number of ether oxygens (including phenoxy) is 2. The van der Waals surface area contributed by atoms with Crippen molar-refractivity contribution in [3.63, 3.8) is 0 Å². The molecule has 3 rings (SSSR count). The average molecular weight is 376 g/mol. The molecular weight excluding hydrogens is 342 g/mol. The van der Waals surface area contributed by atoms with Crippen molar-refractivity contribution < 1.29 is 9.47 Å². The van der Waals surface area contributed by atoms with Crippen LogP contribution in [0.3, 0.4) is 0 Å². The lowest BCUT2D eigenvalue weighted by Crippen LogP contribution is -2.22. The summed E-state index contributed by atoms with van der Waals surface area (Å²) in [6.07, 6.45) is 10.3. The second-order valence-electron chi connectivity index (χ2n) is 8.55. The number of rotatable bonds is 8. The first-order valence-corrected chi connectivity index (χ1v) is 13.5. The van der Waals surface area contributed by atoms with Gasteiger partial charge in [0.1, 0.15) is 12.4 Å². The molecule has 1 saturated carbocycles. The summed E-state index contributed by atoms with van der Waals surface area (Å²) in [5.41, 5.74) is 2.03. The molecule has 5 nitrogen and oxygen atoms in total. The molecule has 0 saturated heterocycles. The molecule has 0 unspecified atom stereocenters. The highest BCUT2D eigenvalue weighted by atomic mass is 28.3. The molecule has 6 heteroatoms. The van der Waals surface area contributed by atoms with Crippen LogP contribution < -0.4 is 10.1 Å². The summed E-state index contributed by atoms with van der Waals surface area (Å²) in [6.45, 7) is 8.49. The van der Waals surface area contributed by atoms with Crippen LogP contribution in [-0.4, -0.2) is 37.4 Å². The van der Waals surface area contributed by atoms with Gasteiger partial charge in [-0.25, -0.2) is 4.98 Å². The van der Waals surface area contributed by atoms with Crippen molar-refractivity contribution in [2.45, 2.75) is 70.6 Å². The van der Waals surface area contributed by atoms with Crippen molar-refractivity contribution in [3.05, 3.63) is 18.5 Å². The number of pyridine rings is 1. The summed E-state index contributed by atoms with van der Waals surface area (Å²) in [6, 6.07) is 3.83. The summed E-state index contributed by atoms with van der Waals surface area (Å²) in [5, 5.41) is 4.84. The topological polar surface area (TPSA) is 48.3 Å². The van der Waals surface area contributed by atoms with E-state index in [2.05, 4.69) is 46.8 Å². The van der Waals surface area contributed by atoms with Crippen molar-refractivity contribution in [1.29, 1.82) is 0 Å². The number of nitrogens with zero attached hydrogens (tertiary/aromatic N) is 2. The Balaban J connectivity index is 1.75. The molecule has 0 amide bonds. The first kappa shape index (κ1) is 19.2. The van der Waals surface area contributed by atoms with Gasteiger partial charge < -0.3 is 19.4 Å². The smallest absolute Gasteiger partial charge is 0.161 e. The van der Waals surface area contributed by atoms with Crippen LogP contribution >= 0.6 is 0 Å². The van der Waals surface area contributed by atoms with Gasteiger partial charge in [0.2, 0.25) is 0 Å². The van der Waals surface area contributed by atoms with Crippen molar-refractivity contribution in [3.8, 4) is 5.75 Å². The molecule has 2 heterocycles. The van der Waals surface area contributed by atoms with Crippen LogP contribution in [0.5, 0.6) is 5.75 Å². The molecular formula is C20H33N3O2Si. The Labute approximate surface area is 158 Å². The second kappa shape index (κ2) is 8.44. The molecule has 0 bridgehead atoms. The minimum absolute atomic E-state index is 0.527. The van der Waals surface area contributed by atoms with E-state index in [0.29, 0.717) is 12.8 Å². The third-order valence-corrected chi connectivity index (χ3v) is 6.86. The summed E-state index contributed by atoms with van der Waals surface area (Å²) >= 11 is 0. The minimum Gasteiger partial charge on any atom is -0.493 e. The standard InChI is InChI=1S/C20H33N3O2Si/c1-24-18-14-21-20-17(19(18)22-16-8-6-5-7-9-16)10-11-23(20)15-25-12-13-26(2,3)4/h10-11,14,16H,5-9,12-13,15H2,1-4H3,(H,21,22). The van der Waals surface area contributed by atoms with Gasteiger partial charge in [0.15, 0.2) is 5.75 Å². The Morgan fingerprint density at radius 1 is 1.23 bits per heavy atom. The zero-order chi connectivity index (χ0) is 18.6. The van der Waals surface area contributed by atoms with Crippen molar-refractivity contribution in [1.82, 2.24) is 9.55 Å². The van der Waals surface area contributed by atoms with Crippen molar-refractivity contribution in [2.75, 3.05) is 19.0 Å². The zero-order valence-electron chi connectivity index (χ0n) is 16.7. The van der Waals surface area contributed by atoms with Crippen LogP contribution in [0, 0.1) is 0 Å². The summed E-state index contributed by atoms with van der Waals surface area (Å²) < 4.78 is 13.6. The Bertz CT molecular complexity index is 718. The normalized spacial score (nSPS) is 16.2. The van der Waals surface area contributed by atoms with Gasteiger partial charge in [-0.3, -0.25) is 0 Å². The van der Waals surface area contributed by atoms with Gasteiger partial charge >= 0.3 is 0 Å². The number of nitrogens with one attached hydrogen (secondary N) is 1. The number of anilines is 1. The lowest BCUT2D eigenvalue weighted by Gasteiger charge is -2.25. The van der Waals surface area contributed by atoms with Gasteiger partial charge in [0.05, 0.1) is 19.0 Å². The quantitative estimate of drug-likeness (QED) is 0.515. The molecule has 0 atom stereocenters. The predicted molar refractivity (Wildman–Crippen MR) is 111 cm³/mol. The number of hydrogen-bond donors (Lipinski definition) is 1. The molecule has 1 N–H and O–H groups in total. The monoisotopic (exact) mass is 375 g/mol. The van der Waals surface area contributed by atoms with Crippen molar-refractivity contribution in [2.24, 2.45) is 0 Å². The van der Waals surface area contributed by atoms with Crippen molar-refractivity contribution >= 4 is 24.8 Å². The van der Waals surface area contributed by atoms with Crippen LogP contribution in [0.25, 0.3) is 11.0 Å². The lowest BCUT2D eigenvalue weighted by molar-refractivity contribution is 0.0899. The molecule has 2 aromatic heterocycles. The van der Waals surface area contributed by atoms with E-state index in [9.17, 15) is 0 Å². The number of hydrogen-bond acceptors (Lipinski definition) is 4. The van der Waals surface area contributed by atoms with Gasteiger partial charge in [0.25, 0.3) is 0 Å². The molecule has 26 heavy (non-hydrogen) atoms. The van der Waals surface area contributed by atoms with Crippen LogP contribution in [0.1, 0.15) is 32.1 Å². The zero-order valence-corrected chi connectivity index (χ0v) is 17.7. The summed E-state index contributed by atoms with van der Waals surface area (Å²) in [5.74, 6) is 0.820. The molecule has 1 fully saturated rings. The molecule has 1 aliphatic rings. The molecule has 2 aromatic rings. The third-order valence-electron chi connectivity index (χ3n) is 5.15. The van der Waals surface area contributed by atoms with Crippen LogP contribution in [0.15, 0.2) is 18.5 Å². The minimum atomic E-state index is -1.06. The van der Waals surface area contributed by atoms with Crippen LogP contribution in [0.2, 0.25) is 25.7 Å². The Kier molecular flexibility index (Phi) is 6.24. The molecule has 144 valence electrons. The number of methoxy groups -OCH3 is 1. The Hall–Kier alpha value is -1.53. The van der Waals surface area contributed by atoms with E-state index in [1.165, 1.54) is 38.1 Å².